The lowest BCUT2D eigenvalue weighted by atomic mass is 9.95. The molecule has 2 rings (SSSR count). The minimum absolute atomic E-state index is 0.170. The van der Waals surface area contributed by atoms with Crippen LogP contribution in [0.5, 0.6) is 0 Å². The molecule has 0 aliphatic heterocycles. The first kappa shape index (κ1) is 17.2. The van der Waals surface area contributed by atoms with Gasteiger partial charge in [0.2, 0.25) is 17.7 Å². The Balaban J connectivity index is 1.86. The third-order valence-corrected chi connectivity index (χ3v) is 4.04. The Labute approximate surface area is 139 Å². The van der Waals surface area contributed by atoms with Crippen molar-refractivity contribution in [3.05, 3.63) is 29.6 Å². The molecule has 2 aromatic heterocycles. The Morgan fingerprint density at radius 3 is 2.74 bits per heavy atom. The number of carbonyl (C=O) groups excluding carboxylic acids is 2. The third kappa shape index (κ3) is 4.66. The topological polar surface area (TPSA) is 84.2 Å². The van der Waals surface area contributed by atoms with Gasteiger partial charge in [-0.1, -0.05) is 26.8 Å². The number of rotatable bonds is 5. The Kier molecular flexibility index (Phi) is 5.20. The highest BCUT2D eigenvalue weighted by Crippen LogP contribution is 2.24. The number of hydrogen-bond donors (Lipinski definition) is 2. The lowest BCUT2D eigenvalue weighted by Gasteiger charge is -2.21. The monoisotopic (exact) mass is 335 g/mol. The average molecular weight is 335 g/mol. The Hall–Kier alpha value is -2.15. The predicted molar refractivity (Wildman–Crippen MR) is 88.7 cm³/mol. The smallest absolute Gasteiger partial charge is 0.242 e. The van der Waals surface area contributed by atoms with Crippen LogP contribution in [0.1, 0.15) is 33.6 Å². The molecule has 0 aliphatic carbocycles. The van der Waals surface area contributed by atoms with Gasteiger partial charge in [-0.2, -0.15) is 0 Å². The van der Waals surface area contributed by atoms with Gasteiger partial charge in [-0.15, -0.1) is 11.3 Å². The maximum atomic E-state index is 12.0. The average Bonchev–Trinajstić information content (AvgIpc) is 3.14. The molecule has 2 N–H and O–H groups in total. The van der Waals surface area contributed by atoms with Crippen molar-refractivity contribution in [2.45, 2.75) is 40.3 Å². The number of nitrogens with one attached hydrogen (secondary N) is 2. The van der Waals surface area contributed by atoms with Gasteiger partial charge in [-0.3, -0.25) is 9.59 Å². The fourth-order valence-electron chi connectivity index (χ4n) is 1.72. The van der Waals surface area contributed by atoms with Gasteiger partial charge in [0, 0.05) is 5.41 Å². The number of nitrogens with zero attached hydrogens (tertiary/aromatic N) is 1. The van der Waals surface area contributed by atoms with Crippen molar-refractivity contribution >= 4 is 23.2 Å². The molecule has 1 unspecified atom stereocenters. The van der Waals surface area contributed by atoms with E-state index in [-0.39, 0.29) is 18.4 Å². The molecular formula is C16H21N3O3S. The normalized spacial score (nSPS) is 12.7. The van der Waals surface area contributed by atoms with E-state index < -0.39 is 11.5 Å². The molecule has 0 spiro atoms. The molecule has 0 saturated heterocycles. The molecule has 23 heavy (non-hydrogen) atoms. The largest absolute Gasteiger partial charge is 0.438 e. The minimum Gasteiger partial charge on any atom is -0.438 e. The van der Waals surface area contributed by atoms with Gasteiger partial charge >= 0.3 is 0 Å². The van der Waals surface area contributed by atoms with E-state index in [1.165, 1.54) is 0 Å². The molecule has 124 valence electrons. The Morgan fingerprint density at radius 1 is 1.39 bits per heavy atom. The van der Waals surface area contributed by atoms with Gasteiger partial charge in [-0.05, 0) is 18.4 Å². The lowest BCUT2D eigenvalue weighted by molar-refractivity contribution is -0.133. The van der Waals surface area contributed by atoms with Crippen molar-refractivity contribution in [2.75, 3.05) is 0 Å². The van der Waals surface area contributed by atoms with Crippen LogP contribution in [-0.2, 0) is 16.1 Å². The van der Waals surface area contributed by atoms with Crippen molar-refractivity contribution in [1.82, 2.24) is 15.6 Å². The first-order valence-electron chi connectivity index (χ1n) is 7.34. The van der Waals surface area contributed by atoms with Crippen molar-refractivity contribution < 1.29 is 14.0 Å². The molecule has 2 heterocycles. The highest BCUT2D eigenvalue weighted by molar-refractivity contribution is 7.13. The van der Waals surface area contributed by atoms with Crippen LogP contribution in [0.4, 0.5) is 0 Å². The first-order chi connectivity index (χ1) is 10.8. The fraction of sp³-hybridized carbons (Fsp3) is 0.438. The number of amides is 2. The molecule has 0 fully saturated rings. The number of thiophene rings is 1. The molecule has 0 bridgehead atoms. The summed E-state index contributed by atoms with van der Waals surface area (Å²) in [4.78, 5) is 29.0. The summed E-state index contributed by atoms with van der Waals surface area (Å²) in [7, 11) is 0. The standard InChI is InChI=1S/C16H21N3O3S/c1-10(19-15(21)16(2,3)4)14(20)18-9-13-17-8-11(22-13)12-6-5-7-23-12/h5-8,10H,9H2,1-4H3,(H,18,20)(H,19,21). The lowest BCUT2D eigenvalue weighted by Crippen LogP contribution is -2.48. The summed E-state index contributed by atoms with van der Waals surface area (Å²) in [6.45, 7) is 7.22. The van der Waals surface area contributed by atoms with Crippen molar-refractivity contribution in [2.24, 2.45) is 5.41 Å². The quantitative estimate of drug-likeness (QED) is 0.879. The van der Waals surface area contributed by atoms with Gasteiger partial charge < -0.3 is 15.1 Å². The second-order valence-electron chi connectivity index (χ2n) is 6.26. The Bertz CT molecular complexity index is 671. The second-order valence-corrected chi connectivity index (χ2v) is 7.21. The van der Waals surface area contributed by atoms with E-state index in [1.807, 2.05) is 17.5 Å². The summed E-state index contributed by atoms with van der Waals surface area (Å²) in [6.07, 6.45) is 1.64. The molecule has 2 amide bonds. The highest BCUT2D eigenvalue weighted by Gasteiger charge is 2.25. The van der Waals surface area contributed by atoms with Crippen LogP contribution in [0.25, 0.3) is 10.6 Å². The molecule has 0 aromatic carbocycles. The summed E-state index contributed by atoms with van der Waals surface area (Å²) >= 11 is 1.56. The molecule has 2 aromatic rings. The Morgan fingerprint density at radius 2 is 2.13 bits per heavy atom. The molecule has 6 nitrogen and oxygen atoms in total. The van der Waals surface area contributed by atoms with Gasteiger partial charge in [0.15, 0.2) is 5.76 Å². The maximum Gasteiger partial charge on any atom is 0.242 e. The number of aromatic nitrogens is 1. The predicted octanol–water partition coefficient (Wildman–Crippen LogP) is 2.57. The second kappa shape index (κ2) is 6.95. The van der Waals surface area contributed by atoms with Crippen LogP contribution in [0.3, 0.4) is 0 Å². The van der Waals surface area contributed by atoms with Crippen LogP contribution in [0, 0.1) is 5.41 Å². The van der Waals surface area contributed by atoms with Crippen molar-refractivity contribution in [3.8, 4) is 10.6 Å². The van der Waals surface area contributed by atoms with Crippen LogP contribution in [-0.4, -0.2) is 22.8 Å². The summed E-state index contributed by atoms with van der Waals surface area (Å²) in [5.74, 6) is 0.657. The maximum absolute atomic E-state index is 12.0. The summed E-state index contributed by atoms with van der Waals surface area (Å²) in [5.41, 5.74) is -0.535. The minimum atomic E-state index is -0.617. The molecule has 0 saturated carbocycles. The van der Waals surface area contributed by atoms with Crippen LogP contribution < -0.4 is 10.6 Å². The van der Waals surface area contributed by atoms with E-state index in [1.54, 1.807) is 45.2 Å². The van der Waals surface area contributed by atoms with Crippen LogP contribution >= 0.6 is 11.3 Å². The van der Waals surface area contributed by atoms with Gasteiger partial charge in [-0.25, -0.2) is 4.98 Å². The van der Waals surface area contributed by atoms with Crippen molar-refractivity contribution in [1.29, 1.82) is 0 Å². The molecule has 0 aliphatic rings. The van der Waals surface area contributed by atoms with Gasteiger partial charge in [0.05, 0.1) is 17.6 Å². The zero-order chi connectivity index (χ0) is 17.0. The molecular weight excluding hydrogens is 314 g/mol. The van der Waals surface area contributed by atoms with E-state index in [0.29, 0.717) is 11.7 Å². The van der Waals surface area contributed by atoms with E-state index in [0.717, 1.165) is 4.88 Å². The zero-order valence-corrected chi connectivity index (χ0v) is 14.5. The summed E-state index contributed by atoms with van der Waals surface area (Å²) in [5, 5.41) is 7.35. The molecule has 0 radical (unpaired) electrons. The summed E-state index contributed by atoms with van der Waals surface area (Å²) < 4.78 is 5.59. The van der Waals surface area contributed by atoms with Crippen LogP contribution in [0.2, 0.25) is 0 Å². The van der Waals surface area contributed by atoms with E-state index >= 15 is 0 Å². The number of carbonyl (C=O) groups is 2. The van der Waals surface area contributed by atoms with Gasteiger partial charge in [0.1, 0.15) is 6.04 Å². The molecule has 7 heteroatoms. The number of hydrogen-bond acceptors (Lipinski definition) is 5. The van der Waals surface area contributed by atoms with Crippen LogP contribution in [0.15, 0.2) is 28.1 Å². The van der Waals surface area contributed by atoms with Gasteiger partial charge in [0.25, 0.3) is 0 Å². The van der Waals surface area contributed by atoms with E-state index in [2.05, 4.69) is 15.6 Å². The SMILES string of the molecule is CC(NC(=O)C(C)(C)C)C(=O)NCc1ncc(-c2cccs2)o1. The molecule has 1 atom stereocenters. The number of oxazole rings is 1. The fourth-order valence-corrected chi connectivity index (χ4v) is 2.39. The highest BCUT2D eigenvalue weighted by atomic mass is 32.1. The summed E-state index contributed by atoms with van der Waals surface area (Å²) in [6, 6.07) is 3.26. The third-order valence-electron chi connectivity index (χ3n) is 3.15. The van der Waals surface area contributed by atoms with E-state index in [9.17, 15) is 9.59 Å². The zero-order valence-electron chi connectivity index (χ0n) is 13.7. The van der Waals surface area contributed by atoms with Crippen molar-refractivity contribution in [3.63, 3.8) is 0 Å². The van der Waals surface area contributed by atoms with E-state index in [4.69, 9.17) is 4.42 Å². The first-order valence-corrected chi connectivity index (χ1v) is 8.22.